The maximum Gasteiger partial charge on any atom is 0.417 e. The Morgan fingerprint density at radius 2 is 1.94 bits per heavy atom. The fourth-order valence-electron chi connectivity index (χ4n) is 4.75. The molecular weight excluding hydrogens is 423 g/mol. The van der Waals surface area contributed by atoms with Crippen LogP contribution in [0.3, 0.4) is 0 Å². The molecule has 3 amide bonds. The summed E-state index contributed by atoms with van der Waals surface area (Å²) in [5.41, 5.74) is 4.55. The third kappa shape index (κ3) is 5.09. The van der Waals surface area contributed by atoms with Gasteiger partial charge in [-0.2, -0.15) is 18.4 Å². The van der Waals surface area contributed by atoms with Crippen LogP contribution in [0.25, 0.3) is 0 Å². The van der Waals surface area contributed by atoms with Crippen molar-refractivity contribution in [2.75, 3.05) is 37.6 Å². The van der Waals surface area contributed by atoms with Gasteiger partial charge in [-0.15, -0.1) is 0 Å². The number of nitrogens with two attached hydrogens (primary N) is 1. The number of hydrogen-bond donors (Lipinski definition) is 2. The molecule has 0 bridgehead atoms. The van der Waals surface area contributed by atoms with Crippen molar-refractivity contribution < 1.29 is 22.8 Å². The van der Waals surface area contributed by atoms with Gasteiger partial charge in [-0.1, -0.05) is 6.92 Å². The van der Waals surface area contributed by atoms with E-state index in [1.165, 1.54) is 6.07 Å². The van der Waals surface area contributed by atoms with Crippen molar-refractivity contribution in [2.24, 2.45) is 23.5 Å². The number of amides is 3. The smallest absolute Gasteiger partial charge is 0.370 e. The molecule has 2 heterocycles. The van der Waals surface area contributed by atoms with Crippen molar-refractivity contribution in [1.29, 1.82) is 5.26 Å². The van der Waals surface area contributed by atoms with Gasteiger partial charge in [0.25, 0.3) is 0 Å². The molecule has 2 aliphatic rings. The third-order valence-electron chi connectivity index (χ3n) is 6.48. The summed E-state index contributed by atoms with van der Waals surface area (Å²) >= 11 is 0. The molecule has 0 unspecified atom stereocenters. The standard InChI is InChI=1S/C22H28F3N5O2/c1-2-7-28-21(32)29-8-5-14(6-9-29)17-12-30(13-18(17)20(27)31)16-4-3-15(11-26)19(10-16)22(23,24)25/h3-4,10,14,17-18H,2,5-9,12-13H2,1H3,(H2,27,31)(H,28,32)/t17-,18+/m0/s1. The summed E-state index contributed by atoms with van der Waals surface area (Å²) in [5, 5.41) is 11.9. The highest BCUT2D eigenvalue weighted by atomic mass is 19.4. The molecule has 0 radical (unpaired) electrons. The minimum Gasteiger partial charge on any atom is -0.370 e. The van der Waals surface area contributed by atoms with Crippen LogP contribution in [0.15, 0.2) is 18.2 Å². The van der Waals surface area contributed by atoms with Crippen LogP contribution in [0.4, 0.5) is 23.7 Å². The number of benzene rings is 1. The molecule has 10 heteroatoms. The molecule has 0 aliphatic carbocycles. The predicted molar refractivity (Wildman–Crippen MR) is 113 cm³/mol. The van der Waals surface area contributed by atoms with Gasteiger partial charge in [-0.3, -0.25) is 4.79 Å². The maximum atomic E-state index is 13.4. The van der Waals surface area contributed by atoms with Crippen molar-refractivity contribution >= 4 is 17.6 Å². The van der Waals surface area contributed by atoms with Gasteiger partial charge in [0, 0.05) is 38.4 Å². The summed E-state index contributed by atoms with van der Waals surface area (Å²) in [4.78, 5) is 27.8. The number of nitrogens with one attached hydrogen (secondary N) is 1. The Hall–Kier alpha value is -2.96. The van der Waals surface area contributed by atoms with E-state index >= 15 is 0 Å². The summed E-state index contributed by atoms with van der Waals surface area (Å²) < 4.78 is 40.1. The molecular formula is C22H28F3N5O2. The van der Waals surface area contributed by atoms with E-state index in [0.717, 1.165) is 18.6 Å². The summed E-state index contributed by atoms with van der Waals surface area (Å²) in [7, 11) is 0. The van der Waals surface area contributed by atoms with Gasteiger partial charge in [0.05, 0.1) is 23.1 Å². The molecule has 0 spiro atoms. The lowest BCUT2D eigenvalue weighted by atomic mass is 9.78. The third-order valence-corrected chi connectivity index (χ3v) is 6.48. The Morgan fingerprint density at radius 1 is 1.25 bits per heavy atom. The van der Waals surface area contributed by atoms with Crippen LogP contribution in [0.2, 0.25) is 0 Å². The van der Waals surface area contributed by atoms with Gasteiger partial charge in [0.15, 0.2) is 0 Å². The van der Waals surface area contributed by atoms with Gasteiger partial charge >= 0.3 is 12.2 Å². The molecule has 3 rings (SSSR count). The van der Waals surface area contributed by atoms with E-state index in [0.29, 0.717) is 44.7 Å². The Labute approximate surface area is 185 Å². The summed E-state index contributed by atoms with van der Waals surface area (Å²) in [6.07, 6.45) is -2.37. The van der Waals surface area contributed by atoms with Gasteiger partial charge in [-0.25, -0.2) is 4.79 Å². The Bertz CT molecular complexity index is 891. The zero-order chi connectivity index (χ0) is 23.5. The van der Waals surface area contributed by atoms with Crippen molar-refractivity contribution in [2.45, 2.75) is 32.4 Å². The van der Waals surface area contributed by atoms with Crippen LogP contribution in [-0.4, -0.2) is 49.6 Å². The quantitative estimate of drug-likeness (QED) is 0.719. The zero-order valence-electron chi connectivity index (χ0n) is 18.0. The number of hydrogen-bond acceptors (Lipinski definition) is 4. The van der Waals surface area contributed by atoms with Crippen LogP contribution >= 0.6 is 0 Å². The first-order chi connectivity index (χ1) is 15.2. The second kappa shape index (κ2) is 9.67. The number of carbonyl (C=O) groups is 2. The minimum atomic E-state index is -4.64. The Balaban J connectivity index is 1.73. The second-order valence-corrected chi connectivity index (χ2v) is 8.47. The summed E-state index contributed by atoms with van der Waals surface area (Å²) in [6.45, 7) is 4.37. The molecule has 0 aromatic heterocycles. The Kier molecular flexibility index (Phi) is 7.16. The molecule has 2 saturated heterocycles. The van der Waals surface area contributed by atoms with Crippen LogP contribution in [0.5, 0.6) is 0 Å². The van der Waals surface area contributed by atoms with Crippen LogP contribution < -0.4 is 16.0 Å². The van der Waals surface area contributed by atoms with Crippen LogP contribution in [0.1, 0.15) is 37.3 Å². The SMILES string of the molecule is CCCNC(=O)N1CCC([C@@H]2CN(c3ccc(C#N)c(C(F)(F)F)c3)C[C@H]2C(N)=O)CC1. The molecule has 174 valence electrons. The van der Waals surface area contributed by atoms with Crippen molar-refractivity contribution in [3.8, 4) is 6.07 Å². The van der Waals surface area contributed by atoms with E-state index in [2.05, 4.69) is 5.32 Å². The van der Waals surface area contributed by atoms with E-state index in [4.69, 9.17) is 11.0 Å². The Morgan fingerprint density at radius 3 is 2.50 bits per heavy atom. The molecule has 32 heavy (non-hydrogen) atoms. The number of nitriles is 1. The van der Waals surface area contributed by atoms with Gasteiger partial charge < -0.3 is 20.9 Å². The molecule has 0 saturated carbocycles. The van der Waals surface area contributed by atoms with Gasteiger partial charge in [0.1, 0.15) is 0 Å². The fourth-order valence-corrected chi connectivity index (χ4v) is 4.75. The average Bonchev–Trinajstić information content (AvgIpc) is 3.22. The van der Waals surface area contributed by atoms with Crippen molar-refractivity contribution in [3.05, 3.63) is 29.3 Å². The van der Waals surface area contributed by atoms with Gasteiger partial charge in [0.2, 0.25) is 5.91 Å². The average molecular weight is 451 g/mol. The number of nitrogens with zero attached hydrogens (tertiary/aromatic N) is 3. The molecule has 7 nitrogen and oxygen atoms in total. The van der Waals surface area contributed by atoms with E-state index in [1.807, 2.05) is 6.92 Å². The second-order valence-electron chi connectivity index (χ2n) is 8.47. The molecule has 1 aromatic carbocycles. The highest BCUT2D eigenvalue weighted by Crippen LogP contribution is 2.40. The largest absolute Gasteiger partial charge is 0.417 e. The first kappa shape index (κ1) is 23.7. The topological polar surface area (TPSA) is 102 Å². The number of piperidine rings is 1. The molecule has 2 fully saturated rings. The highest BCUT2D eigenvalue weighted by molar-refractivity contribution is 5.79. The summed E-state index contributed by atoms with van der Waals surface area (Å²) in [6, 6.07) is 5.11. The van der Waals surface area contributed by atoms with E-state index in [9.17, 15) is 22.8 Å². The molecule has 1 aromatic rings. The number of halogens is 3. The lowest BCUT2D eigenvalue weighted by Crippen LogP contribution is -2.46. The van der Waals surface area contributed by atoms with Crippen molar-refractivity contribution in [1.82, 2.24) is 10.2 Å². The van der Waals surface area contributed by atoms with E-state index in [1.54, 1.807) is 15.9 Å². The molecule has 2 aliphatic heterocycles. The highest BCUT2D eigenvalue weighted by Gasteiger charge is 2.43. The maximum absolute atomic E-state index is 13.4. The number of urea groups is 1. The van der Waals surface area contributed by atoms with E-state index < -0.39 is 29.1 Å². The minimum absolute atomic E-state index is 0.0953. The first-order valence-corrected chi connectivity index (χ1v) is 10.8. The number of rotatable bonds is 5. The van der Waals surface area contributed by atoms with Crippen LogP contribution in [0, 0.1) is 29.1 Å². The molecule has 3 N–H and O–H groups in total. The lowest BCUT2D eigenvalue weighted by Gasteiger charge is -2.36. The number of primary amides is 1. The number of anilines is 1. The van der Waals surface area contributed by atoms with Crippen molar-refractivity contribution in [3.63, 3.8) is 0 Å². The summed E-state index contributed by atoms with van der Waals surface area (Å²) in [5.74, 6) is -0.901. The van der Waals surface area contributed by atoms with E-state index in [-0.39, 0.29) is 24.4 Å². The zero-order valence-corrected chi connectivity index (χ0v) is 18.0. The van der Waals surface area contributed by atoms with Gasteiger partial charge in [-0.05, 0) is 49.3 Å². The monoisotopic (exact) mass is 451 g/mol. The predicted octanol–water partition coefficient (Wildman–Crippen LogP) is 2.95. The lowest BCUT2D eigenvalue weighted by molar-refractivity contribution is -0.137. The molecule has 2 atom stereocenters. The number of likely N-dealkylation sites (tertiary alicyclic amines) is 1. The normalized spacial score (nSPS) is 22.0. The number of carbonyl (C=O) groups excluding carboxylic acids is 2. The number of alkyl halides is 3. The van der Waals surface area contributed by atoms with Crippen LogP contribution in [-0.2, 0) is 11.0 Å². The fraction of sp³-hybridized carbons (Fsp3) is 0.591. The first-order valence-electron chi connectivity index (χ1n) is 10.8.